The van der Waals surface area contributed by atoms with Crippen LogP contribution < -0.4 is 14.8 Å². The summed E-state index contributed by atoms with van der Waals surface area (Å²) < 4.78 is 49.3. The lowest BCUT2D eigenvalue weighted by atomic mass is 9.90. The molecule has 4 rings (SSSR count). The van der Waals surface area contributed by atoms with Crippen molar-refractivity contribution in [3.05, 3.63) is 89.5 Å². The molecule has 10 heteroatoms. The predicted molar refractivity (Wildman–Crippen MR) is 119 cm³/mol. The van der Waals surface area contributed by atoms with Crippen LogP contribution in [0, 0.1) is 11.3 Å². The van der Waals surface area contributed by atoms with Crippen molar-refractivity contribution in [1.29, 1.82) is 5.26 Å². The number of carbonyl (C=O) groups excluding carboxylic acids is 1. The van der Waals surface area contributed by atoms with E-state index in [2.05, 4.69) is 22.9 Å². The normalized spacial score (nSPS) is 14.7. The third-order valence-corrected chi connectivity index (χ3v) is 5.33. The minimum Gasteiger partial charge on any atom is -0.512 e. The lowest BCUT2D eigenvalue weighted by Gasteiger charge is -2.26. The van der Waals surface area contributed by atoms with Crippen LogP contribution in [0.1, 0.15) is 39.5 Å². The summed E-state index contributed by atoms with van der Waals surface area (Å²) in [6.07, 6.45) is -3.10. The molecule has 1 aromatic heterocycles. The van der Waals surface area contributed by atoms with Gasteiger partial charge in [-0.05, 0) is 48.9 Å². The van der Waals surface area contributed by atoms with Gasteiger partial charge in [-0.15, -0.1) is 0 Å². The molecule has 0 saturated carbocycles. The smallest absolute Gasteiger partial charge is 0.433 e. The summed E-state index contributed by atoms with van der Waals surface area (Å²) in [7, 11) is 0. The minimum atomic E-state index is -4.57. The van der Waals surface area contributed by atoms with E-state index in [-0.39, 0.29) is 34.2 Å². The van der Waals surface area contributed by atoms with Crippen LogP contribution in [0.2, 0.25) is 0 Å². The first kappa shape index (κ1) is 23.6. The van der Waals surface area contributed by atoms with Crippen LogP contribution in [0.4, 0.5) is 18.9 Å². The van der Waals surface area contributed by atoms with Gasteiger partial charge in [0.05, 0.1) is 29.8 Å². The number of carbonyl (C=O) groups is 1. The largest absolute Gasteiger partial charge is 0.512 e. The van der Waals surface area contributed by atoms with Crippen LogP contribution >= 0.6 is 0 Å². The van der Waals surface area contributed by atoms with E-state index in [0.717, 1.165) is 18.3 Å². The first-order valence-electron chi connectivity index (χ1n) is 10.4. The number of halogens is 3. The van der Waals surface area contributed by atoms with Gasteiger partial charge in [-0.25, -0.2) is 4.98 Å². The van der Waals surface area contributed by atoms with E-state index >= 15 is 0 Å². The van der Waals surface area contributed by atoms with Crippen LogP contribution in [0.15, 0.2) is 67.1 Å². The summed E-state index contributed by atoms with van der Waals surface area (Å²) in [6, 6.07) is 13.1. The second kappa shape index (κ2) is 9.38. The molecular formula is C25H18F3N3O4. The number of nitriles is 1. The van der Waals surface area contributed by atoms with E-state index in [1.807, 2.05) is 0 Å². The number of alkyl halides is 3. The predicted octanol–water partition coefficient (Wildman–Crippen LogP) is 5.95. The van der Waals surface area contributed by atoms with Crippen molar-refractivity contribution >= 4 is 11.6 Å². The zero-order valence-corrected chi connectivity index (χ0v) is 18.1. The number of anilines is 1. The van der Waals surface area contributed by atoms with Crippen LogP contribution in [-0.2, 0) is 6.18 Å². The van der Waals surface area contributed by atoms with Gasteiger partial charge in [0.15, 0.2) is 0 Å². The molecule has 178 valence electrons. The van der Waals surface area contributed by atoms with Gasteiger partial charge in [-0.3, -0.25) is 4.79 Å². The molecular weight excluding hydrogens is 463 g/mol. The average Bonchev–Trinajstić information content (AvgIpc) is 2.83. The van der Waals surface area contributed by atoms with Gasteiger partial charge < -0.3 is 19.9 Å². The second-order valence-corrected chi connectivity index (χ2v) is 7.69. The summed E-state index contributed by atoms with van der Waals surface area (Å²) in [4.78, 5) is 15.7. The van der Waals surface area contributed by atoms with Crippen molar-refractivity contribution in [2.45, 2.75) is 18.5 Å². The topological polar surface area (TPSA) is 104 Å². The van der Waals surface area contributed by atoms with E-state index in [0.29, 0.717) is 30.1 Å². The number of hydrogen-bond acceptors (Lipinski definition) is 6. The molecule has 0 bridgehead atoms. The fourth-order valence-corrected chi connectivity index (χ4v) is 3.58. The number of amides is 1. The van der Waals surface area contributed by atoms with Gasteiger partial charge in [0, 0.05) is 23.1 Å². The summed E-state index contributed by atoms with van der Waals surface area (Å²) in [6.45, 7) is 3.97. The number of rotatable bonds is 5. The lowest BCUT2D eigenvalue weighted by Crippen LogP contribution is -2.16. The molecule has 3 aromatic rings. The highest BCUT2D eigenvalue weighted by atomic mass is 19.4. The third kappa shape index (κ3) is 5.19. The highest BCUT2D eigenvalue weighted by Crippen LogP contribution is 2.41. The SMILES string of the molecule is C=C(O)C1CCOc2cc(Oc3ccc(C(=O)Nc4ccc(C(F)(F)F)nc4)cc3)c(C#N)cc21. The standard InChI is InChI=1S/C25H18F3N3O4/c1-14(32)19-8-9-34-22-11-21(16(12-29)10-20(19)22)35-18-5-2-15(3-6-18)24(33)31-17-4-7-23(30-13-17)25(26,27)28/h2-7,10-11,13,19,32H,1,8-9H2,(H,31,33). The summed E-state index contributed by atoms with van der Waals surface area (Å²) >= 11 is 0. The Labute approximate surface area is 198 Å². The number of nitrogens with one attached hydrogen (secondary N) is 1. The number of pyridine rings is 1. The van der Waals surface area contributed by atoms with Crippen LogP contribution in [-0.4, -0.2) is 22.6 Å². The number of fused-ring (bicyclic) bond motifs is 1. The molecule has 1 atom stereocenters. The fraction of sp³-hybridized carbons (Fsp3) is 0.160. The summed E-state index contributed by atoms with van der Waals surface area (Å²) in [5.74, 6) is 0.169. The molecule has 2 aromatic carbocycles. The highest BCUT2D eigenvalue weighted by Gasteiger charge is 2.32. The Morgan fingerprint density at radius 3 is 2.57 bits per heavy atom. The van der Waals surface area contributed by atoms with Gasteiger partial charge >= 0.3 is 6.18 Å². The number of benzene rings is 2. The van der Waals surface area contributed by atoms with Crippen molar-refractivity contribution in [2.75, 3.05) is 11.9 Å². The number of aliphatic hydroxyl groups excluding tert-OH is 1. The Balaban J connectivity index is 1.48. The quantitative estimate of drug-likeness (QED) is 0.436. The molecule has 35 heavy (non-hydrogen) atoms. The van der Waals surface area contributed by atoms with E-state index in [1.165, 1.54) is 24.3 Å². The van der Waals surface area contributed by atoms with Crippen molar-refractivity contribution in [1.82, 2.24) is 4.98 Å². The number of nitrogens with zero attached hydrogens (tertiary/aromatic N) is 2. The maximum Gasteiger partial charge on any atom is 0.433 e. The molecule has 0 aliphatic carbocycles. The zero-order valence-electron chi connectivity index (χ0n) is 18.1. The minimum absolute atomic E-state index is 0.00644. The number of aromatic nitrogens is 1. The Morgan fingerprint density at radius 1 is 1.23 bits per heavy atom. The third-order valence-electron chi connectivity index (χ3n) is 5.33. The molecule has 0 fully saturated rings. The van der Waals surface area contributed by atoms with Crippen LogP contribution in [0.5, 0.6) is 17.2 Å². The van der Waals surface area contributed by atoms with Crippen molar-refractivity contribution in [3.63, 3.8) is 0 Å². The Morgan fingerprint density at radius 2 is 1.97 bits per heavy atom. The lowest BCUT2D eigenvalue weighted by molar-refractivity contribution is -0.141. The van der Waals surface area contributed by atoms with Crippen molar-refractivity contribution in [3.8, 4) is 23.3 Å². The molecule has 7 nitrogen and oxygen atoms in total. The Hall–Kier alpha value is -4.52. The average molecular weight is 481 g/mol. The van der Waals surface area contributed by atoms with E-state index in [1.54, 1.807) is 12.1 Å². The number of allylic oxidation sites excluding steroid dienone is 1. The molecule has 1 unspecified atom stereocenters. The summed E-state index contributed by atoms with van der Waals surface area (Å²) in [5.41, 5.74) is 0.170. The summed E-state index contributed by atoms with van der Waals surface area (Å²) in [5, 5.41) is 21.9. The van der Waals surface area contributed by atoms with Gasteiger partial charge in [-0.2, -0.15) is 18.4 Å². The monoisotopic (exact) mass is 481 g/mol. The molecule has 1 amide bonds. The maximum atomic E-state index is 12.6. The Kier molecular flexibility index (Phi) is 6.34. The van der Waals surface area contributed by atoms with E-state index < -0.39 is 17.8 Å². The molecule has 0 radical (unpaired) electrons. The van der Waals surface area contributed by atoms with Gasteiger partial charge in [-0.1, -0.05) is 6.58 Å². The van der Waals surface area contributed by atoms with E-state index in [9.17, 15) is 28.3 Å². The van der Waals surface area contributed by atoms with Gasteiger partial charge in [0.2, 0.25) is 0 Å². The fourth-order valence-electron chi connectivity index (χ4n) is 3.58. The second-order valence-electron chi connectivity index (χ2n) is 7.69. The number of aliphatic hydroxyl groups is 1. The zero-order chi connectivity index (χ0) is 25.2. The van der Waals surface area contributed by atoms with E-state index in [4.69, 9.17) is 9.47 Å². The molecule has 1 aliphatic rings. The van der Waals surface area contributed by atoms with Crippen LogP contribution in [0.25, 0.3) is 0 Å². The molecule has 2 heterocycles. The van der Waals surface area contributed by atoms with Gasteiger partial charge in [0.1, 0.15) is 29.0 Å². The van der Waals surface area contributed by atoms with Crippen molar-refractivity contribution in [2.24, 2.45) is 0 Å². The first-order valence-corrected chi connectivity index (χ1v) is 10.4. The highest BCUT2D eigenvalue weighted by molar-refractivity contribution is 6.04. The molecule has 1 aliphatic heterocycles. The number of hydrogen-bond donors (Lipinski definition) is 2. The first-order chi connectivity index (χ1) is 16.7. The molecule has 2 N–H and O–H groups in total. The van der Waals surface area contributed by atoms with Crippen molar-refractivity contribution < 1.29 is 32.5 Å². The molecule has 0 saturated heterocycles. The molecule has 0 spiro atoms. The number of ether oxygens (including phenoxy) is 2. The van der Waals surface area contributed by atoms with Crippen LogP contribution in [0.3, 0.4) is 0 Å². The Bertz CT molecular complexity index is 1310. The van der Waals surface area contributed by atoms with Gasteiger partial charge in [0.25, 0.3) is 5.91 Å². The maximum absolute atomic E-state index is 12.6.